The predicted octanol–water partition coefficient (Wildman–Crippen LogP) is 2.36. The molecule has 6 heteroatoms. The number of amides is 1. The molecule has 0 spiro atoms. The summed E-state index contributed by atoms with van der Waals surface area (Å²) in [5.41, 5.74) is 1.32. The van der Waals surface area contributed by atoms with Gasteiger partial charge in [-0.3, -0.25) is 19.6 Å². The fourth-order valence-corrected chi connectivity index (χ4v) is 5.67. The van der Waals surface area contributed by atoms with Crippen LogP contribution in [0.1, 0.15) is 38.5 Å². The molecule has 0 bridgehead atoms. The zero-order valence-corrected chi connectivity index (χ0v) is 14.1. The van der Waals surface area contributed by atoms with Crippen LogP contribution in [0, 0.1) is 17.2 Å². The van der Waals surface area contributed by atoms with Crippen LogP contribution in [0.4, 0.5) is 0 Å². The molecule has 1 amide bonds. The van der Waals surface area contributed by atoms with Crippen molar-refractivity contribution in [2.75, 3.05) is 26.2 Å². The minimum atomic E-state index is -0.106. The van der Waals surface area contributed by atoms with Crippen molar-refractivity contribution < 1.29 is 4.79 Å². The molecule has 3 aliphatic heterocycles. The van der Waals surface area contributed by atoms with Gasteiger partial charge < -0.3 is 0 Å². The number of amidine groups is 1. The van der Waals surface area contributed by atoms with E-state index in [9.17, 15) is 4.79 Å². The first-order chi connectivity index (χ1) is 11.3. The Kier molecular flexibility index (Phi) is 4.16. The highest BCUT2D eigenvalue weighted by Crippen LogP contribution is 2.51. The van der Waals surface area contributed by atoms with E-state index in [0.29, 0.717) is 6.54 Å². The van der Waals surface area contributed by atoms with Crippen LogP contribution in [-0.2, 0) is 4.79 Å². The standard InChI is InChI=1S/C17H22N4OS/c18-7-10-21-14(11-20-8-3-4-9-20)19-16-15(17(21)22)12-5-1-2-6-13(12)23-16/h15-16H,1-6,8-11H2. The molecule has 0 radical (unpaired) electrons. The first-order valence-electron chi connectivity index (χ1n) is 8.64. The lowest BCUT2D eigenvalue weighted by Gasteiger charge is -2.34. The van der Waals surface area contributed by atoms with Crippen LogP contribution in [0.25, 0.3) is 0 Å². The lowest BCUT2D eigenvalue weighted by atomic mass is 9.87. The number of fused-ring (bicyclic) bond motifs is 2. The minimum absolute atomic E-state index is 0.0261. The summed E-state index contributed by atoms with van der Waals surface area (Å²) in [5, 5.41) is 9.18. The maximum atomic E-state index is 13.1. The molecule has 23 heavy (non-hydrogen) atoms. The van der Waals surface area contributed by atoms with Crippen LogP contribution in [0.3, 0.4) is 0 Å². The number of aliphatic imine (C=N–C) groups is 1. The third-order valence-corrected chi connectivity index (χ3v) is 6.66. The van der Waals surface area contributed by atoms with Gasteiger partial charge in [0.05, 0.1) is 18.5 Å². The Morgan fingerprint density at radius 2 is 2.00 bits per heavy atom. The van der Waals surface area contributed by atoms with Crippen molar-refractivity contribution in [3.05, 3.63) is 10.5 Å². The predicted molar refractivity (Wildman–Crippen MR) is 90.8 cm³/mol. The highest BCUT2D eigenvalue weighted by Gasteiger charge is 2.46. The number of carbonyl (C=O) groups excluding carboxylic acids is 1. The van der Waals surface area contributed by atoms with Gasteiger partial charge in [0.15, 0.2) is 0 Å². The Bertz CT molecular complexity index is 615. The molecule has 0 saturated carbocycles. The number of likely N-dealkylation sites (tertiary alicyclic amines) is 1. The van der Waals surface area contributed by atoms with Crippen LogP contribution in [0.5, 0.6) is 0 Å². The van der Waals surface area contributed by atoms with Gasteiger partial charge in [-0.1, -0.05) is 0 Å². The lowest BCUT2D eigenvalue weighted by molar-refractivity contribution is -0.130. The third-order valence-electron chi connectivity index (χ3n) is 5.29. The van der Waals surface area contributed by atoms with Crippen molar-refractivity contribution in [1.82, 2.24) is 9.80 Å². The Hall–Kier alpha value is -1.32. The van der Waals surface area contributed by atoms with Gasteiger partial charge >= 0.3 is 0 Å². The average molecular weight is 330 g/mol. The first kappa shape index (κ1) is 15.2. The maximum Gasteiger partial charge on any atom is 0.239 e. The highest BCUT2D eigenvalue weighted by atomic mass is 32.2. The number of thioether (sulfide) groups is 1. The molecule has 122 valence electrons. The fourth-order valence-electron chi connectivity index (χ4n) is 4.14. The van der Waals surface area contributed by atoms with Crippen molar-refractivity contribution in [1.29, 1.82) is 5.26 Å². The van der Waals surface area contributed by atoms with Crippen LogP contribution in [0.2, 0.25) is 0 Å². The van der Waals surface area contributed by atoms with E-state index in [1.54, 1.807) is 4.90 Å². The monoisotopic (exact) mass is 330 g/mol. The summed E-state index contributed by atoms with van der Waals surface area (Å²) in [7, 11) is 0. The van der Waals surface area contributed by atoms with Gasteiger partial charge in [-0.2, -0.15) is 5.26 Å². The first-order valence-corrected chi connectivity index (χ1v) is 9.52. The van der Waals surface area contributed by atoms with E-state index < -0.39 is 0 Å². The normalized spacial score (nSPS) is 31.0. The topological polar surface area (TPSA) is 59.7 Å². The second kappa shape index (κ2) is 6.29. The molecule has 3 heterocycles. The van der Waals surface area contributed by atoms with E-state index in [-0.39, 0.29) is 23.7 Å². The highest BCUT2D eigenvalue weighted by molar-refractivity contribution is 8.04. The van der Waals surface area contributed by atoms with Crippen LogP contribution < -0.4 is 0 Å². The van der Waals surface area contributed by atoms with Crippen LogP contribution >= 0.6 is 11.8 Å². The molecule has 5 nitrogen and oxygen atoms in total. The summed E-state index contributed by atoms with van der Waals surface area (Å²) in [6, 6.07) is 2.16. The largest absolute Gasteiger partial charge is 0.296 e. The molecule has 1 saturated heterocycles. The summed E-state index contributed by atoms with van der Waals surface area (Å²) in [5.74, 6) is 0.818. The van der Waals surface area contributed by atoms with Gasteiger partial charge in [-0.05, 0) is 62.1 Å². The SMILES string of the molecule is N#CCN1C(=O)C2C3=C(CCCC3)SC2N=C1CN1CCCC1. The average Bonchev–Trinajstić information content (AvgIpc) is 3.18. The van der Waals surface area contributed by atoms with Gasteiger partial charge in [-0.15, -0.1) is 11.8 Å². The van der Waals surface area contributed by atoms with Gasteiger partial charge in [-0.25, -0.2) is 0 Å². The van der Waals surface area contributed by atoms with Gasteiger partial charge in [0.1, 0.15) is 17.8 Å². The van der Waals surface area contributed by atoms with Crippen molar-refractivity contribution in [2.45, 2.75) is 43.9 Å². The molecule has 2 atom stereocenters. The number of nitrogens with zero attached hydrogens (tertiary/aromatic N) is 4. The molecule has 0 aromatic rings. The van der Waals surface area contributed by atoms with Crippen molar-refractivity contribution in [2.24, 2.45) is 10.9 Å². The van der Waals surface area contributed by atoms with Crippen LogP contribution in [0.15, 0.2) is 15.5 Å². The Morgan fingerprint density at radius 3 is 2.78 bits per heavy atom. The van der Waals surface area contributed by atoms with E-state index in [2.05, 4.69) is 11.0 Å². The van der Waals surface area contributed by atoms with Crippen molar-refractivity contribution in [3.63, 3.8) is 0 Å². The molecule has 1 aliphatic carbocycles. The summed E-state index contributed by atoms with van der Waals surface area (Å²) >= 11 is 1.81. The molecule has 0 aromatic carbocycles. The second-order valence-corrected chi connectivity index (χ2v) is 7.96. The number of carbonyl (C=O) groups is 1. The fraction of sp³-hybridized carbons (Fsp3) is 0.706. The molecular weight excluding hydrogens is 308 g/mol. The number of allylic oxidation sites excluding steroid dienone is 1. The molecule has 2 unspecified atom stereocenters. The maximum absolute atomic E-state index is 13.1. The summed E-state index contributed by atoms with van der Waals surface area (Å²) in [6.07, 6.45) is 6.98. The van der Waals surface area contributed by atoms with E-state index in [4.69, 9.17) is 10.3 Å². The lowest BCUT2D eigenvalue weighted by Crippen LogP contribution is -2.51. The Balaban J connectivity index is 1.62. The van der Waals surface area contributed by atoms with E-state index in [1.807, 2.05) is 11.8 Å². The molecular formula is C17H22N4OS. The summed E-state index contributed by atoms with van der Waals surface area (Å²) in [4.78, 5) is 23.4. The molecule has 4 aliphatic rings. The molecule has 0 aromatic heterocycles. The minimum Gasteiger partial charge on any atom is -0.296 e. The number of nitriles is 1. The van der Waals surface area contributed by atoms with E-state index >= 15 is 0 Å². The zero-order valence-electron chi connectivity index (χ0n) is 13.3. The van der Waals surface area contributed by atoms with Gasteiger partial charge in [0.2, 0.25) is 5.91 Å². The Labute approximate surface area is 141 Å². The summed E-state index contributed by atoms with van der Waals surface area (Å²) in [6.45, 7) is 2.98. The van der Waals surface area contributed by atoms with Crippen LogP contribution in [-0.4, -0.2) is 53.1 Å². The quantitative estimate of drug-likeness (QED) is 0.745. The van der Waals surface area contributed by atoms with Crippen molar-refractivity contribution >= 4 is 23.5 Å². The second-order valence-electron chi connectivity index (χ2n) is 6.75. The number of rotatable bonds is 3. The van der Waals surface area contributed by atoms with Gasteiger partial charge in [0.25, 0.3) is 0 Å². The molecule has 1 fully saturated rings. The van der Waals surface area contributed by atoms with E-state index in [1.165, 1.54) is 36.2 Å². The third kappa shape index (κ3) is 2.70. The molecule has 4 rings (SSSR count). The smallest absolute Gasteiger partial charge is 0.239 e. The zero-order chi connectivity index (χ0) is 15.8. The summed E-state index contributed by atoms with van der Waals surface area (Å²) < 4.78 is 0. The van der Waals surface area contributed by atoms with E-state index in [0.717, 1.165) is 31.8 Å². The number of hydrogen-bond acceptors (Lipinski definition) is 5. The van der Waals surface area contributed by atoms with Gasteiger partial charge in [0, 0.05) is 0 Å². The van der Waals surface area contributed by atoms with Crippen molar-refractivity contribution in [3.8, 4) is 6.07 Å². The molecule has 0 N–H and O–H groups in total. The Morgan fingerprint density at radius 1 is 1.22 bits per heavy atom. The number of hydrogen-bond donors (Lipinski definition) is 0.